The number of halogens is 4. The van der Waals surface area contributed by atoms with E-state index < -0.39 is 11.6 Å². The van der Waals surface area contributed by atoms with Crippen LogP contribution in [0.5, 0.6) is 0 Å². The van der Waals surface area contributed by atoms with Crippen LogP contribution >= 0.6 is 9.58 Å². The molecule has 0 aliphatic rings. The number of benzene rings is 2. The average Bonchev–Trinajstić information content (AvgIpc) is 2.92. The van der Waals surface area contributed by atoms with E-state index in [2.05, 4.69) is 36.7 Å². The first-order valence-electron chi connectivity index (χ1n) is 10.1. The van der Waals surface area contributed by atoms with E-state index in [0.717, 1.165) is 17.3 Å². The van der Waals surface area contributed by atoms with Gasteiger partial charge in [-0.3, -0.25) is 23.1 Å². The van der Waals surface area contributed by atoms with Crippen LogP contribution in [-0.4, -0.2) is 15.0 Å². The van der Waals surface area contributed by atoms with Gasteiger partial charge in [-0.2, -0.15) is 0 Å². The molecular weight excluding hydrogens is 651 g/mol. The topological polar surface area (TPSA) is 38.7 Å². The van der Waals surface area contributed by atoms with E-state index in [0.29, 0.717) is 11.4 Å². The molecule has 0 N–H and O–H groups in total. The third-order valence-electron chi connectivity index (χ3n) is 4.54. The monoisotopic (exact) mass is 667 g/mol. The minimum atomic E-state index is -0.694. The maximum atomic E-state index is 13.9. The molecular formula is C27H16ClF3IrN3. The van der Waals surface area contributed by atoms with Gasteiger partial charge in [0.2, 0.25) is 0 Å². The Morgan fingerprint density at radius 2 is 1.11 bits per heavy atom. The van der Waals surface area contributed by atoms with E-state index >= 15 is 0 Å². The average molecular weight is 667 g/mol. The summed E-state index contributed by atoms with van der Waals surface area (Å²) in [4.78, 5) is 12.2. The van der Waals surface area contributed by atoms with Crippen LogP contribution in [0.2, 0.25) is 0 Å². The minimum absolute atomic E-state index is 0.132. The third-order valence-corrected chi connectivity index (χ3v) is 4.54. The van der Waals surface area contributed by atoms with Gasteiger partial charge < -0.3 is 4.98 Å². The van der Waals surface area contributed by atoms with Crippen LogP contribution in [0, 0.1) is 29.6 Å². The van der Waals surface area contributed by atoms with Crippen LogP contribution in [0.15, 0.2) is 97.5 Å². The molecule has 0 fully saturated rings. The van der Waals surface area contributed by atoms with Crippen molar-refractivity contribution in [3.8, 4) is 33.8 Å². The van der Waals surface area contributed by atoms with Gasteiger partial charge in [0.05, 0.1) is 11.6 Å². The summed E-state index contributed by atoms with van der Waals surface area (Å²) >= 11 is 1.47. The molecule has 2 aromatic carbocycles. The van der Waals surface area contributed by atoms with Gasteiger partial charge >= 0.3 is 27.5 Å². The van der Waals surface area contributed by atoms with E-state index in [1.165, 1.54) is 30.0 Å². The van der Waals surface area contributed by atoms with Crippen molar-refractivity contribution < 1.29 is 31.1 Å². The van der Waals surface area contributed by atoms with Crippen LogP contribution in [-0.2, 0) is 17.9 Å². The first-order chi connectivity index (χ1) is 17.1. The quantitative estimate of drug-likeness (QED) is 0.190. The molecule has 5 aromatic rings. The van der Waals surface area contributed by atoms with E-state index in [1.807, 2.05) is 18.2 Å². The molecule has 3 heterocycles. The summed E-state index contributed by atoms with van der Waals surface area (Å²) in [6.07, 6.45) is 4.80. The van der Waals surface area contributed by atoms with Crippen LogP contribution < -0.4 is 0 Å². The Kier molecular flexibility index (Phi) is 10.1. The Balaban J connectivity index is 0.000000197. The maximum absolute atomic E-state index is 13.9. The standard InChI is InChI=1S/C16H9F2N2.C11H7FN.ClH.Ir/c17-13-10-14(18)12(16-6-2-4-8-20-16)9-11(13)15-5-1-3-7-19-15;12-10-6-4-9(5-7-10)11-3-1-2-8-13-11;;/h1-8,10H;1-4,6-8H;1H;/q2*-1;;+3/p-1. The fraction of sp³-hybridized carbons (Fsp3) is 0. The predicted molar refractivity (Wildman–Crippen MR) is 126 cm³/mol. The second-order valence-electron chi connectivity index (χ2n) is 6.78. The van der Waals surface area contributed by atoms with Gasteiger partial charge in [-0.1, -0.05) is 53.6 Å². The third kappa shape index (κ3) is 7.30. The SMILES string of the molecule is Fc1c[c-]c(-c2ccccn2)cc1.Fc1cc(F)c(-c2ccccn2)[c-]c1-c1ccccn1.[Cl][Ir+2]. The molecule has 0 bridgehead atoms. The number of rotatable bonds is 3. The molecule has 3 aromatic heterocycles. The molecule has 0 aliphatic heterocycles. The number of pyridine rings is 3. The van der Waals surface area contributed by atoms with E-state index in [1.54, 1.807) is 61.1 Å². The van der Waals surface area contributed by atoms with Gasteiger partial charge in [-0.05, 0) is 23.9 Å². The zero-order chi connectivity index (χ0) is 25.0. The van der Waals surface area contributed by atoms with Crippen LogP contribution in [0.3, 0.4) is 0 Å². The molecule has 3 nitrogen and oxygen atoms in total. The van der Waals surface area contributed by atoms with Gasteiger partial charge in [0.1, 0.15) is 0 Å². The second-order valence-corrected chi connectivity index (χ2v) is 6.78. The van der Waals surface area contributed by atoms with Crippen molar-refractivity contribution in [3.05, 3.63) is 127 Å². The summed E-state index contributed by atoms with van der Waals surface area (Å²) in [6, 6.07) is 26.6. The van der Waals surface area contributed by atoms with Gasteiger partial charge in [0.15, 0.2) is 0 Å². The first kappa shape index (κ1) is 26.2. The van der Waals surface area contributed by atoms with Crippen LogP contribution in [0.25, 0.3) is 33.8 Å². The van der Waals surface area contributed by atoms with Crippen molar-refractivity contribution in [2.24, 2.45) is 0 Å². The first-order valence-corrected chi connectivity index (χ1v) is 13.0. The van der Waals surface area contributed by atoms with Crippen molar-refractivity contribution in [2.45, 2.75) is 0 Å². The van der Waals surface area contributed by atoms with E-state index in [-0.39, 0.29) is 16.9 Å². The molecule has 0 atom stereocenters. The Morgan fingerprint density at radius 3 is 1.51 bits per heavy atom. The molecule has 5 rings (SSSR count). The van der Waals surface area contributed by atoms with Gasteiger partial charge in [0, 0.05) is 35.8 Å². The molecule has 0 saturated heterocycles. The number of hydrogen-bond donors (Lipinski definition) is 0. The molecule has 0 unspecified atom stereocenters. The predicted octanol–water partition coefficient (Wildman–Crippen LogP) is 7.26. The van der Waals surface area contributed by atoms with Crippen LogP contribution in [0.1, 0.15) is 0 Å². The summed E-state index contributed by atoms with van der Waals surface area (Å²) in [5.41, 5.74) is 2.69. The summed E-state index contributed by atoms with van der Waals surface area (Å²) in [7, 11) is 4.64. The van der Waals surface area contributed by atoms with Crippen molar-refractivity contribution >= 4 is 9.58 Å². The van der Waals surface area contributed by atoms with Crippen molar-refractivity contribution in [3.63, 3.8) is 0 Å². The Morgan fingerprint density at radius 1 is 0.629 bits per heavy atom. The fourth-order valence-electron chi connectivity index (χ4n) is 2.98. The van der Waals surface area contributed by atoms with Crippen molar-refractivity contribution in [1.82, 2.24) is 15.0 Å². The second kappa shape index (κ2) is 13.5. The van der Waals surface area contributed by atoms with Crippen molar-refractivity contribution in [1.29, 1.82) is 0 Å². The molecule has 35 heavy (non-hydrogen) atoms. The van der Waals surface area contributed by atoms with Gasteiger partial charge in [-0.15, -0.1) is 35.9 Å². The summed E-state index contributed by atoms with van der Waals surface area (Å²) in [6.45, 7) is 0. The molecule has 0 spiro atoms. The molecule has 8 heteroatoms. The van der Waals surface area contributed by atoms with E-state index in [4.69, 9.17) is 0 Å². The Bertz CT molecular complexity index is 1260. The molecule has 0 radical (unpaired) electrons. The van der Waals surface area contributed by atoms with Crippen LogP contribution in [0.4, 0.5) is 13.2 Å². The molecule has 0 aliphatic carbocycles. The van der Waals surface area contributed by atoms with Gasteiger partial charge in [0.25, 0.3) is 0 Å². The van der Waals surface area contributed by atoms with Crippen molar-refractivity contribution in [2.75, 3.05) is 0 Å². The van der Waals surface area contributed by atoms with E-state index in [9.17, 15) is 13.2 Å². The zero-order valence-electron chi connectivity index (χ0n) is 17.9. The molecule has 0 amide bonds. The number of hydrogen-bond acceptors (Lipinski definition) is 3. The summed E-state index contributed by atoms with van der Waals surface area (Å²) in [5, 5.41) is 0. The zero-order valence-corrected chi connectivity index (χ0v) is 21.1. The molecule has 0 saturated carbocycles. The Hall–Kier alpha value is -3.38. The number of nitrogens with zero attached hydrogens (tertiary/aromatic N) is 3. The number of aromatic nitrogens is 3. The fourth-order valence-corrected chi connectivity index (χ4v) is 2.98. The summed E-state index contributed by atoms with van der Waals surface area (Å²) in [5.74, 6) is -1.67. The normalized spacial score (nSPS) is 9.86. The Labute approximate surface area is 215 Å². The van der Waals surface area contributed by atoms with Gasteiger partial charge in [-0.25, -0.2) is 0 Å². The molecule has 176 valence electrons. The summed E-state index contributed by atoms with van der Waals surface area (Å²) < 4.78 is 40.4.